The SMILES string of the molecule is CCCCCCS[C@@H](CCCCCC)C(=O)c1cc(C)ccc1O. The summed E-state index contributed by atoms with van der Waals surface area (Å²) in [6.07, 6.45) is 10.6. The summed E-state index contributed by atoms with van der Waals surface area (Å²) in [5, 5.41) is 10.1. The number of phenolic OH excluding ortho intramolecular Hbond substituents is 1. The van der Waals surface area contributed by atoms with Gasteiger partial charge in [-0.25, -0.2) is 0 Å². The minimum absolute atomic E-state index is 0.0174. The fourth-order valence-electron chi connectivity index (χ4n) is 2.82. The van der Waals surface area contributed by atoms with Crippen molar-refractivity contribution < 1.29 is 9.90 Å². The second-order valence-electron chi connectivity index (χ2n) is 6.65. The van der Waals surface area contributed by atoms with E-state index < -0.39 is 0 Å². The van der Waals surface area contributed by atoms with E-state index in [1.807, 2.05) is 19.1 Å². The van der Waals surface area contributed by atoms with Gasteiger partial charge in [0.05, 0.1) is 10.8 Å². The number of aromatic hydroxyl groups is 1. The quantitative estimate of drug-likeness (QED) is 0.324. The van der Waals surface area contributed by atoms with Crippen molar-refractivity contribution >= 4 is 17.5 Å². The molecule has 1 aromatic rings. The average Bonchev–Trinajstić information content (AvgIpc) is 2.58. The molecule has 0 aliphatic heterocycles. The molecule has 0 heterocycles. The number of phenols is 1. The highest BCUT2D eigenvalue weighted by molar-refractivity contribution is 8.00. The van der Waals surface area contributed by atoms with Crippen LogP contribution in [0.15, 0.2) is 18.2 Å². The molecule has 1 aromatic carbocycles. The summed E-state index contributed by atoms with van der Waals surface area (Å²) in [6.45, 7) is 6.38. The molecule has 0 aromatic heterocycles. The van der Waals surface area contributed by atoms with Crippen LogP contribution >= 0.6 is 11.8 Å². The van der Waals surface area contributed by atoms with Crippen LogP contribution in [0.2, 0.25) is 0 Å². The summed E-state index contributed by atoms with van der Waals surface area (Å²) < 4.78 is 0. The van der Waals surface area contributed by atoms with Crippen LogP contribution in [0, 0.1) is 6.92 Å². The zero-order chi connectivity index (χ0) is 17.8. The van der Waals surface area contributed by atoms with Crippen LogP contribution in [0.1, 0.15) is 87.6 Å². The van der Waals surface area contributed by atoms with E-state index >= 15 is 0 Å². The zero-order valence-electron chi connectivity index (χ0n) is 15.6. The van der Waals surface area contributed by atoms with Crippen LogP contribution in [-0.4, -0.2) is 21.9 Å². The Kier molecular flexibility index (Phi) is 10.9. The van der Waals surface area contributed by atoms with Crippen LogP contribution in [-0.2, 0) is 0 Å². The van der Waals surface area contributed by atoms with Gasteiger partial charge in [0.15, 0.2) is 5.78 Å². The minimum atomic E-state index is -0.0174. The van der Waals surface area contributed by atoms with Gasteiger partial charge in [-0.1, -0.05) is 70.4 Å². The van der Waals surface area contributed by atoms with Gasteiger partial charge in [-0.2, -0.15) is 11.8 Å². The molecule has 1 N–H and O–H groups in total. The van der Waals surface area contributed by atoms with Gasteiger partial charge < -0.3 is 5.11 Å². The van der Waals surface area contributed by atoms with E-state index in [4.69, 9.17) is 0 Å². The smallest absolute Gasteiger partial charge is 0.179 e. The van der Waals surface area contributed by atoms with Crippen molar-refractivity contribution in [1.29, 1.82) is 0 Å². The van der Waals surface area contributed by atoms with Crippen LogP contribution in [0.4, 0.5) is 0 Å². The lowest BCUT2D eigenvalue weighted by Crippen LogP contribution is -2.18. The number of thioether (sulfide) groups is 1. The Balaban J connectivity index is 2.67. The van der Waals surface area contributed by atoms with E-state index in [-0.39, 0.29) is 16.8 Å². The van der Waals surface area contributed by atoms with E-state index in [0.29, 0.717) is 5.56 Å². The first-order valence-corrected chi connectivity index (χ1v) is 10.6. The summed E-state index contributed by atoms with van der Waals surface area (Å²) in [6, 6.07) is 5.32. The third kappa shape index (κ3) is 7.74. The van der Waals surface area contributed by atoms with Crippen molar-refractivity contribution in [3.63, 3.8) is 0 Å². The number of aryl methyl sites for hydroxylation is 1. The summed E-state index contributed by atoms with van der Waals surface area (Å²) in [7, 11) is 0. The monoisotopic (exact) mass is 350 g/mol. The molecular formula is C21H34O2S. The summed E-state index contributed by atoms with van der Waals surface area (Å²) >= 11 is 1.79. The van der Waals surface area contributed by atoms with E-state index in [1.165, 1.54) is 44.9 Å². The van der Waals surface area contributed by atoms with Gasteiger partial charge in [0, 0.05) is 0 Å². The number of hydrogen-bond acceptors (Lipinski definition) is 3. The first-order chi connectivity index (χ1) is 11.6. The molecule has 0 amide bonds. The Morgan fingerprint density at radius 2 is 1.71 bits per heavy atom. The Morgan fingerprint density at radius 1 is 1.04 bits per heavy atom. The number of carbonyl (C=O) groups is 1. The lowest BCUT2D eigenvalue weighted by molar-refractivity contribution is 0.0983. The van der Waals surface area contributed by atoms with Gasteiger partial charge in [0.2, 0.25) is 0 Å². The van der Waals surface area contributed by atoms with Crippen molar-refractivity contribution in [2.75, 3.05) is 5.75 Å². The molecule has 0 aliphatic carbocycles. The third-order valence-electron chi connectivity index (χ3n) is 4.35. The molecule has 0 fully saturated rings. The summed E-state index contributed by atoms with van der Waals surface area (Å²) in [4.78, 5) is 12.9. The number of Topliss-reactive ketones (excluding diaryl/α,β-unsaturated/α-hetero) is 1. The largest absolute Gasteiger partial charge is 0.507 e. The fraction of sp³-hybridized carbons (Fsp3) is 0.667. The molecule has 24 heavy (non-hydrogen) atoms. The molecule has 1 rings (SSSR count). The molecule has 3 heteroatoms. The van der Waals surface area contributed by atoms with Crippen LogP contribution in [0.25, 0.3) is 0 Å². The topological polar surface area (TPSA) is 37.3 Å². The predicted molar refractivity (Wildman–Crippen MR) is 106 cm³/mol. The number of unbranched alkanes of at least 4 members (excludes halogenated alkanes) is 6. The first-order valence-electron chi connectivity index (χ1n) is 9.55. The van der Waals surface area contributed by atoms with Crippen molar-refractivity contribution in [3.8, 4) is 5.75 Å². The van der Waals surface area contributed by atoms with Crippen molar-refractivity contribution in [1.82, 2.24) is 0 Å². The van der Waals surface area contributed by atoms with Crippen molar-refractivity contribution in [3.05, 3.63) is 29.3 Å². The standard InChI is InChI=1S/C21H34O2S/c1-4-6-8-10-12-20(24-15-11-9-7-5-2)21(23)18-16-17(3)13-14-19(18)22/h13-14,16,20,22H,4-12,15H2,1-3H3/t20-/m0/s1. The number of hydrogen-bond donors (Lipinski definition) is 1. The van der Waals surface area contributed by atoms with E-state index in [2.05, 4.69) is 13.8 Å². The second kappa shape index (κ2) is 12.4. The van der Waals surface area contributed by atoms with Gasteiger partial charge in [-0.3, -0.25) is 4.79 Å². The van der Waals surface area contributed by atoms with E-state index in [1.54, 1.807) is 17.8 Å². The Bertz CT molecular complexity index is 485. The number of benzene rings is 1. The Hall–Kier alpha value is -0.960. The highest BCUT2D eigenvalue weighted by Gasteiger charge is 2.22. The molecule has 0 spiro atoms. The van der Waals surface area contributed by atoms with Gasteiger partial charge in [0.25, 0.3) is 0 Å². The second-order valence-corrected chi connectivity index (χ2v) is 7.96. The normalized spacial score (nSPS) is 12.3. The molecule has 0 radical (unpaired) electrons. The van der Waals surface area contributed by atoms with Crippen LogP contribution in [0.3, 0.4) is 0 Å². The molecule has 0 saturated heterocycles. The van der Waals surface area contributed by atoms with Gasteiger partial charge in [0.1, 0.15) is 5.75 Å². The molecule has 136 valence electrons. The highest BCUT2D eigenvalue weighted by Crippen LogP contribution is 2.28. The maximum absolute atomic E-state index is 12.9. The van der Waals surface area contributed by atoms with E-state index in [0.717, 1.165) is 24.2 Å². The number of carbonyl (C=O) groups excluding carboxylic acids is 1. The first kappa shape index (κ1) is 21.1. The molecule has 0 aliphatic rings. The Labute approximate surface area is 152 Å². The molecule has 0 unspecified atom stereocenters. The van der Waals surface area contributed by atoms with E-state index in [9.17, 15) is 9.90 Å². The predicted octanol–water partition coefficient (Wildman–Crippen LogP) is 6.54. The Morgan fingerprint density at radius 3 is 2.38 bits per heavy atom. The average molecular weight is 351 g/mol. The molecule has 0 saturated carbocycles. The highest BCUT2D eigenvalue weighted by atomic mass is 32.2. The third-order valence-corrected chi connectivity index (χ3v) is 5.72. The van der Waals surface area contributed by atoms with Crippen LogP contribution in [0.5, 0.6) is 5.75 Å². The minimum Gasteiger partial charge on any atom is -0.507 e. The number of rotatable bonds is 13. The van der Waals surface area contributed by atoms with Gasteiger partial charge in [-0.15, -0.1) is 0 Å². The molecule has 0 bridgehead atoms. The van der Waals surface area contributed by atoms with Crippen molar-refractivity contribution in [2.45, 2.75) is 83.8 Å². The van der Waals surface area contributed by atoms with Crippen molar-refractivity contribution in [2.24, 2.45) is 0 Å². The lowest BCUT2D eigenvalue weighted by Gasteiger charge is -2.17. The lowest BCUT2D eigenvalue weighted by atomic mass is 10.0. The number of ketones is 1. The van der Waals surface area contributed by atoms with Crippen LogP contribution < -0.4 is 0 Å². The van der Waals surface area contributed by atoms with Gasteiger partial charge >= 0.3 is 0 Å². The zero-order valence-corrected chi connectivity index (χ0v) is 16.5. The maximum atomic E-state index is 12.9. The summed E-state index contributed by atoms with van der Waals surface area (Å²) in [5.41, 5.74) is 1.52. The maximum Gasteiger partial charge on any atom is 0.179 e. The molecule has 2 nitrogen and oxygen atoms in total. The summed E-state index contributed by atoms with van der Waals surface area (Å²) in [5.74, 6) is 1.26. The molecular weight excluding hydrogens is 316 g/mol. The fourth-order valence-corrected chi connectivity index (χ4v) is 4.09. The van der Waals surface area contributed by atoms with Gasteiger partial charge in [-0.05, 0) is 37.7 Å². The molecule has 1 atom stereocenters.